The van der Waals surface area contributed by atoms with Crippen LogP contribution in [0.2, 0.25) is 0 Å². The van der Waals surface area contributed by atoms with Crippen LogP contribution in [-0.2, 0) is 0 Å². The number of nitrogen functional groups attached to an aromatic ring is 1. The minimum absolute atomic E-state index is 0.837. The summed E-state index contributed by atoms with van der Waals surface area (Å²) in [6.45, 7) is 0. The van der Waals surface area contributed by atoms with Crippen LogP contribution in [0.4, 0.5) is 0 Å². The van der Waals surface area contributed by atoms with Gasteiger partial charge in [0.05, 0.1) is 16.4 Å². The molecule has 28 heavy (non-hydrogen) atoms. The SMILES string of the molecule is Nn1c2cc3oc4ccccc4c3cc2c2c3oc4ccccc4c3ccc21. The summed E-state index contributed by atoms with van der Waals surface area (Å²) in [5.74, 6) is 6.48. The zero-order valence-electron chi connectivity index (χ0n) is 14.8. The van der Waals surface area contributed by atoms with Crippen molar-refractivity contribution in [2.45, 2.75) is 0 Å². The van der Waals surface area contributed by atoms with E-state index in [4.69, 9.17) is 14.7 Å². The van der Waals surface area contributed by atoms with Gasteiger partial charge < -0.3 is 14.7 Å². The van der Waals surface area contributed by atoms with Crippen molar-refractivity contribution in [1.29, 1.82) is 0 Å². The Hall–Kier alpha value is -3.92. The molecule has 4 nitrogen and oxygen atoms in total. The van der Waals surface area contributed by atoms with E-state index in [0.29, 0.717) is 0 Å². The van der Waals surface area contributed by atoms with Crippen molar-refractivity contribution < 1.29 is 8.83 Å². The number of hydrogen-bond donors (Lipinski definition) is 1. The molecule has 4 heteroatoms. The highest BCUT2D eigenvalue weighted by Crippen LogP contribution is 2.41. The first-order chi connectivity index (χ1) is 13.8. The predicted octanol–water partition coefficient (Wildman–Crippen LogP) is 6.31. The molecule has 132 valence electrons. The molecule has 0 aliphatic carbocycles. The van der Waals surface area contributed by atoms with Gasteiger partial charge in [-0.3, -0.25) is 4.68 Å². The van der Waals surface area contributed by atoms with Crippen LogP contribution in [0, 0.1) is 0 Å². The molecule has 0 aliphatic heterocycles. The quantitative estimate of drug-likeness (QED) is 0.322. The highest BCUT2D eigenvalue weighted by molar-refractivity contribution is 6.25. The maximum atomic E-state index is 6.48. The van der Waals surface area contributed by atoms with Gasteiger partial charge >= 0.3 is 0 Å². The van der Waals surface area contributed by atoms with Gasteiger partial charge in [-0.25, -0.2) is 0 Å². The Balaban J connectivity index is 1.76. The third kappa shape index (κ3) is 1.57. The third-order valence-electron chi connectivity index (χ3n) is 5.81. The Morgan fingerprint density at radius 3 is 2.11 bits per heavy atom. The van der Waals surface area contributed by atoms with Crippen molar-refractivity contribution in [2.24, 2.45) is 0 Å². The van der Waals surface area contributed by atoms with E-state index in [2.05, 4.69) is 30.3 Å². The lowest BCUT2D eigenvalue weighted by molar-refractivity contribution is 0.669. The molecule has 0 saturated heterocycles. The highest BCUT2D eigenvalue weighted by atomic mass is 16.3. The van der Waals surface area contributed by atoms with Gasteiger partial charge in [-0.05, 0) is 30.3 Å². The maximum absolute atomic E-state index is 6.48. The molecule has 2 N–H and O–H groups in total. The summed E-state index contributed by atoms with van der Waals surface area (Å²) in [5.41, 5.74) is 5.35. The predicted molar refractivity (Wildman–Crippen MR) is 114 cm³/mol. The minimum atomic E-state index is 0.837. The Morgan fingerprint density at radius 1 is 0.571 bits per heavy atom. The minimum Gasteiger partial charge on any atom is -0.456 e. The Kier molecular flexibility index (Phi) is 2.37. The van der Waals surface area contributed by atoms with Crippen LogP contribution in [0.5, 0.6) is 0 Å². The number of aromatic nitrogens is 1. The number of benzene rings is 4. The number of para-hydroxylation sites is 2. The van der Waals surface area contributed by atoms with E-state index in [9.17, 15) is 0 Å². The summed E-state index contributed by atoms with van der Waals surface area (Å²) >= 11 is 0. The lowest BCUT2D eigenvalue weighted by Gasteiger charge is -1.97. The summed E-state index contributed by atoms with van der Waals surface area (Å²) in [4.78, 5) is 0. The Morgan fingerprint density at radius 2 is 1.29 bits per heavy atom. The molecule has 3 heterocycles. The maximum Gasteiger partial charge on any atom is 0.145 e. The van der Waals surface area contributed by atoms with Gasteiger partial charge in [-0.1, -0.05) is 36.4 Å². The lowest BCUT2D eigenvalue weighted by Crippen LogP contribution is -2.06. The molecule has 0 fully saturated rings. The molecule has 0 atom stereocenters. The zero-order valence-corrected chi connectivity index (χ0v) is 14.8. The Labute approximate surface area is 158 Å². The van der Waals surface area contributed by atoms with E-state index < -0.39 is 0 Å². The number of hydrogen-bond acceptors (Lipinski definition) is 3. The van der Waals surface area contributed by atoms with Gasteiger partial charge in [0, 0.05) is 33.0 Å². The van der Waals surface area contributed by atoms with Crippen LogP contribution >= 0.6 is 0 Å². The van der Waals surface area contributed by atoms with Crippen LogP contribution in [0.15, 0.2) is 81.6 Å². The molecule has 0 amide bonds. The first-order valence-corrected chi connectivity index (χ1v) is 9.24. The topological polar surface area (TPSA) is 57.2 Å². The van der Waals surface area contributed by atoms with Crippen molar-refractivity contribution >= 4 is 65.7 Å². The van der Waals surface area contributed by atoms with Crippen molar-refractivity contribution in [3.8, 4) is 0 Å². The average molecular weight is 362 g/mol. The van der Waals surface area contributed by atoms with Gasteiger partial charge in [0.1, 0.15) is 22.3 Å². The van der Waals surface area contributed by atoms with Gasteiger partial charge in [0.25, 0.3) is 0 Å². The van der Waals surface area contributed by atoms with E-state index in [1.54, 1.807) is 4.68 Å². The smallest absolute Gasteiger partial charge is 0.145 e. The molecule has 0 aliphatic rings. The van der Waals surface area contributed by atoms with E-state index >= 15 is 0 Å². The summed E-state index contributed by atoms with van der Waals surface area (Å²) in [6.07, 6.45) is 0. The lowest BCUT2D eigenvalue weighted by atomic mass is 10.1. The molecule has 7 aromatic rings. The zero-order chi connectivity index (χ0) is 18.4. The molecule has 7 rings (SSSR count). The molecular weight excluding hydrogens is 348 g/mol. The van der Waals surface area contributed by atoms with Crippen molar-refractivity contribution in [1.82, 2.24) is 4.68 Å². The summed E-state index contributed by atoms with van der Waals surface area (Å²) in [6, 6.07) is 24.6. The highest BCUT2D eigenvalue weighted by Gasteiger charge is 2.18. The second-order valence-electron chi connectivity index (χ2n) is 7.27. The van der Waals surface area contributed by atoms with Crippen LogP contribution in [0.3, 0.4) is 0 Å². The Bertz CT molecular complexity index is 1730. The second kappa shape index (κ2) is 4.67. The van der Waals surface area contributed by atoms with Crippen molar-refractivity contribution in [3.05, 3.63) is 72.8 Å². The second-order valence-corrected chi connectivity index (χ2v) is 7.27. The summed E-state index contributed by atoms with van der Waals surface area (Å²) < 4.78 is 14.1. The molecule has 0 saturated carbocycles. The van der Waals surface area contributed by atoms with E-state index in [1.807, 2.05) is 42.5 Å². The first-order valence-electron chi connectivity index (χ1n) is 9.24. The van der Waals surface area contributed by atoms with Gasteiger partial charge in [-0.15, -0.1) is 0 Å². The summed E-state index contributed by atoms with van der Waals surface area (Å²) in [7, 11) is 0. The number of fused-ring (bicyclic) bond motifs is 10. The number of furan rings is 2. The van der Waals surface area contributed by atoms with E-state index in [1.165, 1.54) is 0 Å². The van der Waals surface area contributed by atoms with Crippen molar-refractivity contribution in [3.63, 3.8) is 0 Å². The van der Waals surface area contributed by atoms with Crippen LogP contribution in [0.25, 0.3) is 65.7 Å². The molecule has 3 aromatic heterocycles. The normalized spacial score (nSPS) is 12.4. The number of nitrogens with two attached hydrogens (primary N) is 1. The molecule has 0 unspecified atom stereocenters. The van der Waals surface area contributed by atoms with Gasteiger partial charge in [0.15, 0.2) is 0 Å². The summed E-state index contributed by atoms with van der Waals surface area (Å²) in [5, 5.41) is 6.53. The molecule has 4 aromatic carbocycles. The first kappa shape index (κ1) is 14.2. The molecule has 0 radical (unpaired) electrons. The largest absolute Gasteiger partial charge is 0.456 e. The van der Waals surface area contributed by atoms with E-state index in [-0.39, 0.29) is 0 Å². The van der Waals surface area contributed by atoms with Gasteiger partial charge in [0.2, 0.25) is 0 Å². The standard InChI is InChI=1S/C24H14N2O2/c25-26-18-10-9-15-13-5-1-4-8-21(13)28-24(15)23(18)17-11-16-14-6-2-3-7-20(14)27-22(16)12-19(17)26/h1-12H,25H2. The molecule has 0 spiro atoms. The molecular formula is C24H14N2O2. The van der Waals surface area contributed by atoms with Crippen LogP contribution < -0.4 is 5.84 Å². The fourth-order valence-corrected chi connectivity index (χ4v) is 4.53. The number of rotatable bonds is 0. The van der Waals surface area contributed by atoms with Crippen LogP contribution in [-0.4, -0.2) is 4.68 Å². The molecule has 0 bridgehead atoms. The van der Waals surface area contributed by atoms with Gasteiger partial charge in [-0.2, -0.15) is 0 Å². The van der Waals surface area contributed by atoms with Crippen molar-refractivity contribution in [2.75, 3.05) is 5.84 Å². The average Bonchev–Trinajstić information content (AvgIpc) is 3.37. The number of nitrogens with zero attached hydrogens (tertiary/aromatic N) is 1. The van der Waals surface area contributed by atoms with E-state index in [0.717, 1.165) is 65.7 Å². The monoisotopic (exact) mass is 362 g/mol. The third-order valence-corrected chi connectivity index (χ3v) is 5.81. The van der Waals surface area contributed by atoms with Crippen LogP contribution in [0.1, 0.15) is 0 Å². The fraction of sp³-hybridized carbons (Fsp3) is 0. The fourth-order valence-electron chi connectivity index (χ4n) is 4.53.